The van der Waals surface area contributed by atoms with Gasteiger partial charge in [0.1, 0.15) is 0 Å². The molecule has 0 saturated carbocycles. The van der Waals surface area contributed by atoms with Crippen LogP contribution in [0.25, 0.3) is 0 Å². The maximum absolute atomic E-state index is 13.3. The van der Waals surface area contributed by atoms with Crippen LogP contribution in [0, 0.1) is 12.8 Å². The molecule has 1 atom stereocenters. The summed E-state index contributed by atoms with van der Waals surface area (Å²) >= 11 is 1.67. The van der Waals surface area contributed by atoms with Gasteiger partial charge in [-0.15, -0.1) is 11.3 Å². The summed E-state index contributed by atoms with van der Waals surface area (Å²) in [7, 11) is -3.43. The zero-order valence-electron chi connectivity index (χ0n) is 15.2. The molecule has 1 unspecified atom stereocenters. The Hall–Kier alpha value is -1.24. The smallest absolute Gasteiger partial charge is 0.243 e. The van der Waals surface area contributed by atoms with E-state index in [-0.39, 0.29) is 0 Å². The van der Waals surface area contributed by atoms with E-state index in [0.29, 0.717) is 23.9 Å². The average molecular weight is 379 g/mol. The van der Waals surface area contributed by atoms with Crippen LogP contribution in [0.2, 0.25) is 0 Å². The summed E-state index contributed by atoms with van der Waals surface area (Å²) in [5.41, 5.74) is 2.91. The summed E-state index contributed by atoms with van der Waals surface area (Å²) in [6.07, 6.45) is 3.25. The fraction of sp³-hybridized carbons (Fsp3) is 0.526. The molecule has 1 fully saturated rings. The molecule has 0 bridgehead atoms. The summed E-state index contributed by atoms with van der Waals surface area (Å²) in [5, 5.41) is 3.18. The van der Waals surface area contributed by atoms with Crippen molar-refractivity contribution in [3.63, 3.8) is 0 Å². The van der Waals surface area contributed by atoms with E-state index < -0.39 is 10.0 Å². The van der Waals surface area contributed by atoms with Crippen LogP contribution in [0.5, 0.6) is 0 Å². The van der Waals surface area contributed by atoms with Crippen LogP contribution in [-0.4, -0.2) is 30.8 Å². The lowest BCUT2D eigenvalue weighted by Crippen LogP contribution is -2.30. The first-order valence-corrected chi connectivity index (χ1v) is 11.3. The van der Waals surface area contributed by atoms with Crippen LogP contribution in [0.3, 0.4) is 0 Å². The zero-order valence-corrected chi connectivity index (χ0v) is 16.8. The second-order valence-corrected chi connectivity index (χ2v) is 9.53. The molecule has 0 amide bonds. The molecule has 0 aliphatic carbocycles. The van der Waals surface area contributed by atoms with Gasteiger partial charge in [0.25, 0.3) is 0 Å². The lowest BCUT2D eigenvalue weighted by Gasteiger charge is -2.21. The quantitative estimate of drug-likeness (QED) is 0.767. The van der Waals surface area contributed by atoms with Crippen LogP contribution in [0.1, 0.15) is 42.1 Å². The summed E-state index contributed by atoms with van der Waals surface area (Å²) in [5.74, 6) is 0.360. The standard InChI is InChI=1S/C19H26N2O2S2/c1-4-16-7-6-8-17(5-2)19(16)25(22,23)21-10-9-15(12-21)11-18-20-14(3)13-24-18/h6-8,13,15H,4-5,9-12H2,1-3H3. The molecule has 1 aliphatic heterocycles. The van der Waals surface area contributed by atoms with Gasteiger partial charge in [0.05, 0.1) is 9.90 Å². The number of aromatic nitrogens is 1. The van der Waals surface area contributed by atoms with Crippen molar-refractivity contribution in [2.75, 3.05) is 13.1 Å². The van der Waals surface area contributed by atoms with Crippen LogP contribution >= 0.6 is 11.3 Å². The minimum absolute atomic E-state index is 0.360. The predicted octanol–water partition coefficient (Wildman–Crippen LogP) is 3.83. The van der Waals surface area contributed by atoms with Crippen LogP contribution < -0.4 is 0 Å². The Kier molecular flexibility index (Phi) is 5.61. The van der Waals surface area contributed by atoms with Crippen LogP contribution in [0.4, 0.5) is 0 Å². The molecule has 3 rings (SSSR count). The molecule has 4 nitrogen and oxygen atoms in total. The van der Waals surface area contributed by atoms with E-state index >= 15 is 0 Å². The number of nitrogens with zero attached hydrogens (tertiary/aromatic N) is 2. The van der Waals surface area contributed by atoms with E-state index in [0.717, 1.165) is 47.5 Å². The monoisotopic (exact) mass is 378 g/mol. The van der Waals surface area contributed by atoms with Crippen LogP contribution in [0.15, 0.2) is 28.5 Å². The molecule has 1 saturated heterocycles. The molecule has 2 aromatic rings. The molecular formula is C19H26N2O2S2. The number of sulfonamides is 1. The van der Waals surface area contributed by atoms with Gasteiger partial charge in [0.15, 0.2) is 0 Å². The Morgan fingerprint density at radius 2 is 1.92 bits per heavy atom. The van der Waals surface area contributed by atoms with Crippen molar-refractivity contribution in [3.05, 3.63) is 45.4 Å². The summed E-state index contributed by atoms with van der Waals surface area (Å²) in [4.78, 5) is 5.07. The highest BCUT2D eigenvalue weighted by molar-refractivity contribution is 7.89. The number of thiazole rings is 1. The lowest BCUT2D eigenvalue weighted by atomic mass is 10.1. The van der Waals surface area contributed by atoms with Gasteiger partial charge in [-0.2, -0.15) is 4.31 Å². The number of hydrogen-bond donors (Lipinski definition) is 0. The van der Waals surface area contributed by atoms with Gasteiger partial charge in [0.2, 0.25) is 10.0 Å². The van der Waals surface area contributed by atoms with Crippen molar-refractivity contribution in [2.24, 2.45) is 5.92 Å². The molecule has 25 heavy (non-hydrogen) atoms. The van der Waals surface area contributed by atoms with Crippen molar-refractivity contribution in [2.45, 2.75) is 51.3 Å². The molecule has 1 aromatic carbocycles. The summed E-state index contributed by atoms with van der Waals surface area (Å²) in [6.45, 7) is 7.25. The highest BCUT2D eigenvalue weighted by Gasteiger charge is 2.35. The van der Waals surface area contributed by atoms with Crippen LogP contribution in [-0.2, 0) is 29.3 Å². The van der Waals surface area contributed by atoms with Gasteiger partial charge in [-0.05, 0) is 43.2 Å². The molecule has 6 heteroatoms. The summed E-state index contributed by atoms with van der Waals surface area (Å²) < 4.78 is 28.3. The normalized spacial score (nSPS) is 18.8. The van der Waals surface area contributed by atoms with E-state index in [9.17, 15) is 8.42 Å². The molecule has 0 radical (unpaired) electrons. The average Bonchev–Trinajstić information content (AvgIpc) is 3.23. The summed E-state index contributed by atoms with van der Waals surface area (Å²) in [6, 6.07) is 5.85. The fourth-order valence-electron chi connectivity index (χ4n) is 3.58. The topological polar surface area (TPSA) is 50.3 Å². The third-order valence-corrected chi connectivity index (χ3v) is 7.96. The molecule has 1 aromatic heterocycles. The Bertz CT molecular complexity index is 821. The first-order valence-electron chi connectivity index (χ1n) is 8.97. The van der Waals surface area contributed by atoms with E-state index in [1.165, 1.54) is 0 Å². The van der Waals surface area contributed by atoms with E-state index in [4.69, 9.17) is 0 Å². The molecule has 0 spiro atoms. The highest BCUT2D eigenvalue weighted by Crippen LogP contribution is 2.31. The third-order valence-electron chi connectivity index (χ3n) is 4.92. The number of rotatable bonds is 6. The van der Waals surface area contributed by atoms with E-state index in [2.05, 4.69) is 10.4 Å². The van der Waals surface area contributed by atoms with Gasteiger partial charge >= 0.3 is 0 Å². The van der Waals surface area contributed by atoms with Gasteiger partial charge in [-0.3, -0.25) is 0 Å². The van der Waals surface area contributed by atoms with Gasteiger partial charge in [-0.1, -0.05) is 32.0 Å². The Balaban J connectivity index is 1.82. The second kappa shape index (κ2) is 7.56. The van der Waals surface area contributed by atoms with Crippen molar-refractivity contribution in [3.8, 4) is 0 Å². The van der Waals surface area contributed by atoms with Gasteiger partial charge < -0.3 is 0 Å². The number of benzene rings is 1. The molecule has 0 N–H and O–H groups in total. The van der Waals surface area contributed by atoms with E-state index in [1.54, 1.807) is 15.6 Å². The number of aryl methyl sites for hydroxylation is 3. The Morgan fingerprint density at radius 3 is 2.48 bits per heavy atom. The zero-order chi connectivity index (χ0) is 18.0. The Morgan fingerprint density at radius 1 is 1.24 bits per heavy atom. The van der Waals surface area contributed by atoms with Crippen molar-refractivity contribution < 1.29 is 8.42 Å². The molecular weight excluding hydrogens is 352 g/mol. The minimum atomic E-state index is -3.43. The van der Waals surface area contributed by atoms with Gasteiger partial charge in [0, 0.05) is 30.6 Å². The lowest BCUT2D eigenvalue weighted by molar-refractivity contribution is 0.454. The molecule has 2 heterocycles. The predicted molar refractivity (Wildman–Crippen MR) is 103 cm³/mol. The fourth-order valence-corrected chi connectivity index (χ4v) is 6.57. The minimum Gasteiger partial charge on any atom is -0.247 e. The SMILES string of the molecule is CCc1cccc(CC)c1S(=O)(=O)N1CCC(Cc2nc(C)cs2)C1. The largest absolute Gasteiger partial charge is 0.247 e. The van der Waals surface area contributed by atoms with E-state index in [1.807, 2.05) is 39.0 Å². The first kappa shape index (κ1) is 18.5. The molecule has 136 valence electrons. The Labute approximate surface area is 155 Å². The van der Waals surface area contributed by atoms with Crippen molar-refractivity contribution in [1.82, 2.24) is 9.29 Å². The van der Waals surface area contributed by atoms with Gasteiger partial charge in [-0.25, -0.2) is 13.4 Å². The maximum atomic E-state index is 13.3. The second-order valence-electron chi connectivity index (χ2n) is 6.72. The van der Waals surface area contributed by atoms with Crippen molar-refractivity contribution in [1.29, 1.82) is 0 Å². The first-order chi connectivity index (χ1) is 12.0. The third kappa shape index (κ3) is 3.81. The maximum Gasteiger partial charge on any atom is 0.243 e. The molecule has 1 aliphatic rings. The number of hydrogen-bond acceptors (Lipinski definition) is 4. The highest BCUT2D eigenvalue weighted by atomic mass is 32.2. The van der Waals surface area contributed by atoms with Crippen molar-refractivity contribution >= 4 is 21.4 Å².